The Bertz CT molecular complexity index is 564. The molecule has 2 aromatic rings. The Hall–Kier alpha value is -2.63. The smallest absolute Gasteiger partial charge is 0.274 e. The van der Waals surface area contributed by atoms with Crippen LogP contribution in [-0.2, 0) is 6.54 Å². The zero-order valence-corrected chi connectivity index (χ0v) is 9.42. The van der Waals surface area contributed by atoms with Crippen LogP contribution in [0.3, 0.4) is 0 Å². The third kappa shape index (κ3) is 2.54. The summed E-state index contributed by atoms with van der Waals surface area (Å²) < 4.78 is 0. The highest BCUT2D eigenvalue weighted by Gasteiger charge is 2.13. The van der Waals surface area contributed by atoms with Crippen molar-refractivity contribution < 1.29 is 9.72 Å². The number of nitrogens with one attached hydrogen (secondary N) is 2. The molecule has 0 atom stereocenters. The SMILES string of the molecule is O=C(NCc1ccccc1[N+](=O)[O-])c1ccc[nH]1. The molecule has 2 rings (SSSR count). The Balaban J connectivity index is 2.07. The fraction of sp³-hybridized carbons (Fsp3) is 0.0833. The van der Waals surface area contributed by atoms with E-state index in [2.05, 4.69) is 10.3 Å². The minimum absolute atomic E-state index is 0.00397. The third-order valence-electron chi connectivity index (χ3n) is 2.47. The molecule has 0 aliphatic heterocycles. The van der Waals surface area contributed by atoms with Crippen molar-refractivity contribution in [2.24, 2.45) is 0 Å². The number of nitro groups is 1. The number of H-pyrrole nitrogens is 1. The molecule has 0 radical (unpaired) electrons. The Kier molecular flexibility index (Phi) is 3.38. The predicted octanol–water partition coefficient (Wildman–Crippen LogP) is 1.85. The minimum Gasteiger partial charge on any atom is -0.357 e. The molecule has 18 heavy (non-hydrogen) atoms. The number of carbonyl (C=O) groups excluding carboxylic acids is 1. The van der Waals surface area contributed by atoms with Gasteiger partial charge in [-0.05, 0) is 12.1 Å². The Morgan fingerprint density at radius 2 is 2.06 bits per heavy atom. The molecule has 0 fully saturated rings. The molecule has 92 valence electrons. The number of rotatable bonds is 4. The third-order valence-corrected chi connectivity index (χ3v) is 2.47. The second kappa shape index (κ2) is 5.13. The molecule has 0 bridgehead atoms. The number of nitrogens with zero attached hydrogens (tertiary/aromatic N) is 1. The summed E-state index contributed by atoms with van der Waals surface area (Å²) in [6, 6.07) is 9.66. The Morgan fingerprint density at radius 1 is 1.28 bits per heavy atom. The first-order valence-corrected chi connectivity index (χ1v) is 5.32. The molecular weight excluding hydrogens is 234 g/mol. The van der Waals surface area contributed by atoms with E-state index in [0.717, 1.165) is 0 Å². The lowest BCUT2D eigenvalue weighted by Crippen LogP contribution is -2.23. The van der Waals surface area contributed by atoms with Gasteiger partial charge in [0.1, 0.15) is 5.69 Å². The minimum atomic E-state index is -0.462. The van der Waals surface area contributed by atoms with E-state index >= 15 is 0 Å². The van der Waals surface area contributed by atoms with E-state index in [-0.39, 0.29) is 18.1 Å². The van der Waals surface area contributed by atoms with Gasteiger partial charge in [0.2, 0.25) is 0 Å². The lowest BCUT2D eigenvalue weighted by atomic mass is 10.2. The van der Waals surface area contributed by atoms with Gasteiger partial charge in [-0.15, -0.1) is 0 Å². The second-order valence-electron chi connectivity index (χ2n) is 3.65. The van der Waals surface area contributed by atoms with Gasteiger partial charge in [-0.3, -0.25) is 14.9 Å². The second-order valence-corrected chi connectivity index (χ2v) is 3.65. The molecule has 1 aromatic carbocycles. The molecule has 0 saturated heterocycles. The molecule has 0 unspecified atom stereocenters. The van der Waals surface area contributed by atoms with Crippen LogP contribution < -0.4 is 5.32 Å². The van der Waals surface area contributed by atoms with Gasteiger partial charge in [-0.2, -0.15) is 0 Å². The monoisotopic (exact) mass is 245 g/mol. The van der Waals surface area contributed by atoms with E-state index in [0.29, 0.717) is 11.3 Å². The summed E-state index contributed by atoms with van der Waals surface area (Å²) in [5.74, 6) is -0.293. The zero-order valence-electron chi connectivity index (χ0n) is 9.42. The van der Waals surface area contributed by atoms with Gasteiger partial charge < -0.3 is 10.3 Å². The first-order chi connectivity index (χ1) is 8.68. The first-order valence-electron chi connectivity index (χ1n) is 5.32. The maximum atomic E-state index is 11.6. The largest absolute Gasteiger partial charge is 0.357 e. The highest BCUT2D eigenvalue weighted by atomic mass is 16.6. The molecule has 1 amide bonds. The molecule has 1 aromatic heterocycles. The molecule has 0 saturated carbocycles. The van der Waals surface area contributed by atoms with Gasteiger partial charge in [0, 0.05) is 24.4 Å². The van der Waals surface area contributed by atoms with Crippen LogP contribution in [0.1, 0.15) is 16.1 Å². The highest BCUT2D eigenvalue weighted by molar-refractivity contribution is 5.92. The number of nitro benzene ring substituents is 1. The van der Waals surface area contributed by atoms with Crippen LogP contribution in [0, 0.1) is 10.1 Å². The fourth-order valence-electron chi connectivity index (χ4n) is 1.58. The van der Waals surface area contributed by atoms with Gasteiger partial charge in [0.15, 0.2) is 0 Å². The first kappa shape index (κ1) is 11.8. The van der Waals surface area contributed by atoms with Crippen molar-refractivity contribution in [3.05, 3.63) is 64.0 Å². The van der Waals surface area contributed by atoms with E-state index in [1.54, 1.807) is 36.5 Å². The number of aromatic amines is 1. The van der Waals surface area contributed by atoms with Gasteiger partial charge in [-0.25, -0.2) is 0 Å². The van der Waals surface area contributed by atoms with E-state index in [1.165, 1.54) is 6.07 Å². The molecule has 0 aliphatic carbocycles. The van der Waals surface area contributed by atoms with Crippen LogP contribution in [0.4, 0.5) is 5.69 Å². The van der Waals surface area contributed by atoms with Crippen molar-refractivity contribution in [3.8, 4) is 0 Å². The van der Waals surface area contributed by atoms with Crippen molar-refractivity contribution in [1.29, 1.82) is 0 Å². The number of benzene rings is 1. The van der Waals surface area contributed by atoms with Crippen molar-refractivity contribution in [1.82, 2.24) is 10.3 Å². The quantitative estimate of drug-likeness (QED) is 0.636. The van der Waals surface area contributed by atoms with E-state index in [4.69, 9.17) is 0 Å². The number of para-hydroxylation sites is 1. The molecule has 0 aliphatic rings. The number of amides is 1. The van der Waals surface area contributed by atoms with Crippen molar-refractivity contribution in [3.63, 3.8) is 0 Å². The summed E-state index contributed by atoms with van der Waals surface area (Å²) in [6.45, 7) is 0.120. The highest BCUT2D eigenvalue weighted by Crippen LogP contribution is 2.17. The van der Waals surface area contributed by atoms with Crippen molar-refractivity contribution >= 4 is 11.6 Å². The van der Waals surface area contributed by atoms with Gasteiger partial charge in [0.25, 0.3) is 11.6 Å². The molecule has 0 spiro atoms. The van der Waals surface area contributed by atoms with E-state index < -0.39 is 4.92 Å². The zero-order chi connectivity index (χ0) is 13.0. The van der Waals surface area contributed by atoms with Gasteiger partial charge in [0.05, 0.1) is 4.92 Å². The number of aromatic nitrogens is 1. The van der Waals surface area contributed by atoms with Gasteiger partial charge in [-0.1, -0.05) is 18.2 Å². The number of hydrogen-bond acceptors (Lipinski definition) is 3. The Morgan fingerprint density at radius 3 is 2.72 bits per heavy atom. The number of carbonyl (C=O) groups is 1. The molecule has 6 heteroatoms. The summed E-state index contributed by atoms with van der Waals surface area (Å²) in [7, 11) is 0. The maximum absolute atomic E-state index is 11.6. The summed E-state index contributed by atoms with van der Waals surface area (Å²) in [6.07, 6.45) is 1.64. The average Bonchev–Trinajstić information content (AvgIpc) is 2.90. The lowest BCUT2D eigenvalue weighted by molar-refractivity contribution is -0.385. The maximum Gasteiger partial charge on any atom is 0.274 e. The summed E-state index contributed by atoms with van der Waals surface area (Å²) in [4.78, 5) is 24.7. The van der Waals surface area contributed by atoms with Crippen LogP contribution in [0.25, 0.3) is 0 Å². The van der Waals surface area contributed by atoms with Crippen LogP contribution >= 0.6 is 0 Å². The normalized spacial score (nSPS) is 10.0. The molecule has 6 nitrogen and oxygen atoms in total. The van der Waals surface area contributed by atoms with E-state index in [1.807, 2.05) is 0 Å². The molecule has 2 N–H and O–H groups in total. The molecule has 1 heterocycles. The summed E-state index contributed by atoms with van der Waals surface area (Å²) in [5, 5.41) is 13.4. The average molecular weight is 245 g/mol. The fourth-order valence-corrected chi connectivity index (χ4v) is 1.58. The van der Waals surface area contributed by atoms with Crippen LogP contribution in [0.15, 0.2) is 42.6 Å². The lowest BCUT2D eigenvalue weighted by Gasteiger charge is -2.04. The van der Waals surface area contributed by atoms with Crippen LogP contribution in [0.5, 0.6) is 0 Å². The summed E-state index contributed by atoms with van der Waals surface area (Å²) >= 11 is 0. The van der Waals surface area contributed by atoms with Crippen molar-refractivity contribution in [2.75, 3.05) is 0 Å². The number of hydrogen-bond donors (Lipinski definition) is 2. The topological polar surface area (TPSA) is 88.0 Å². The van der Waals surface area contributed by atoms with E-state index in [9.17, 15) is 14.9 Å². The summed E-state index contributed by atoms with van der Waals surface area (Å²) in [5.41, 5.74) is 0.903. The predicted molar refractivity (Wildman–Crippen MR) is 65.1 cm³/mol. The van der Waals surface area contributed by atoms with Gasteiger partial charge >= 0.3 is 0 Å². The van der Waals surface area contributed by atoms with Crippen molar-refractivity contribution in [2.45, 2.75) is 6.54 Å². The standard InChI is InChI=1S/C12H11N3O3/c16-12(10-5-3-7-13-10)14-8-9-4-1-2-6-11(9)15(17)18/h1-7,13H,8H2,(H,14,16). The van der Waals surface area contributed by atoms with Crippen LogP contribution in [0.2, 0.25) is 0 Å². The Labute approximate surface area is 103 Å². The molecular formula is C12H11N3O3. The van der Waals surface area contributed by atoms with Crippen LogP contribution in [-0.4, -0.2) is 15.8 Å².